The van der Waals surface area contributed by atoms with Crippen LogP contribution in [0.5, 0.6) is 0 Å². The minimum atomic E-state index is 0.581. The van der Waals surface area contributed by atoms with Gasteiger partial charge in [-0.1, -0.05) is 12.1 Å². The van der Waals surface area contributed by atoms with Crippen LogP contribution in [-0.2, 0) is 0 Å². The lowest BCUT2D eigenvalue weighted by molar-refractivity contribution is 0.111. The number of imidazole rings is 1. The molecule has 0 saturated carbocycles. The van der Waals surface area contributed by atoms with E-state index < -0.39 is 0 Å². The number of hydrogen-bond donors (Lipinski definition) is 0. The van der Waals surface area contributed by atoms with Crippen LogP contribution in [0, 0.1) is 0 Å². The van der Waals surface area contributed by atoms with Crippen LogP contribution < -0.4 is 0 Å². The zero-order chi connectivity index (χ0) is 11.7. The Morgan fingerprint density at radius 1 is 1.06 bits per heavy atom. The number of fused-ring (bicyclic) bond motifs is 1. The van der Waals surface area contributed by atoms with Crippen molar-refractivity contribution in [2.45, 2.75) is 0 Å². The fourth-order valence-corrected chi connectivity index (χ4v) is 1.77. The van der Waals surface area contributed by atoms with Gasteiger partial charge in [-0.05, 0) is 24.3 Å². The summed E-state index contributed by atoms with van der Waals surface area (Å²) in [6.45, 7) is 0. The average molecular weight is 223 g/mol. The number of carbonyl (C=O) groups is 1. The Labute approximate surface area is 97.6 Å². The largest absolute Gasteiger partial charge is 0.296 e. The molecule has 0 amide bonds. The summed E-state index contributed by atoms with van der Waals surface area (Å²) in [6, 6.07) is 11.1. The fraction of sp³-hybridized carbons (Fsp3) is 0. The zero-order valence-electron chi connectivity index (χ0n) is 8.95. The van der Waals surface area contributed by atoms with Crippen molar-refractivity contribution >= 4 is 11.9 Å². The highest BCUT2D eigenvalue weighted by Crippen LogP contribution is 2.17. The van der Waals surface area contributed by atoms with E-state index in [2.05, 4.69) is 9.97 Å². The van der Waals surface area contributed by atoms with E-state index in [-0.39, 0.29) is 0 Å². The molecule has 0 saturated heterocycles. The molecule has 0 bridgehead atoms. The van der Waals surface area contributed by atoms with Crippen LogP contribution in [0.1, 0.15) is 10.5 Å². The first-order chi connectivity index (χ1) is 8.38. The van der Waals surface area contributed by atoms with E-state index >= 15 is 0 Å². The van der Waals surface area contributed by atoms with Crippen LogP contribution in [0.3, 0.4) is 0 Å². The number of pyridine rings is 2. The Hall–Kier alpha value is -2.49. The first-order valence-corrected chi connectivity index (χ1v) is 5.23. The monoisotopic (exact) mass is 223 g/mol. The minimum Gasteiger partial charge on any atom is -0.296 e. The molecule has 3 rings (SSSR count). The number of hydrogen-bond acceptors (Lipinski definition) is 3. The van der Waals surface area contributed by atoms with Gasteiger partial charge < -0.3 is 0 Å². The van der Waals surface area contributed by atoms with Crippen molar-refractivity contribution < 1.29 is 4.79 Å². The van der Waals surface area contributed by atoms with Gasteiger partial charge in [-0.3, -0.25) is 14.2 Å². The van der Waals surface area contributed by atoms with Gasteiger partial charge in [0.2, 0.25) is 0 Å². The lowest BCUT2D eigenvalue weighted by Crippen LogP contribution is -1.91. The van der Waals surface area contributed by atoms with Crippen molar-refractivity contribution in [2.24, 2.45) is 0 Å². The van der Waals surface area contributed by atoms with E-state index in [1.807, 2.05) is 36.5 Å². The maximum atomic E-state index is 10.9. The van der Waals surface area contributed by atoms with Crippen LogP contribution in [-0.4, -0.2) is 20.7 Å². The molecule has 3 aromatic heterocycles. The molecule has 0 radical (unpaired) electrons. The van der Waals surface area contributed by atoms with Crippen molar-refractivity contribution in [3.63, 3.8) is 0 Å². The first kappa shape index (κ1) is 9.72. The van der Waals surface area contributed by atoms with Crippen LogP contribution in [0.4, 0.5) is 0 Å². The van der Waals surface area contributed by atoms with E-state index in [0.29, 0.717) is 5.69 Å². The summed E-state index contributed by atoms with van der Waals surface area (Å²) in [5.41, 5.74) is 2.89. The molecule has 82 valence electrons. The third-order valence-electron chi connectivity index (χ3n) is 2.57. The van der Waals surface area contributed by atoms with Gasteiger partial charge in [-0.15, -0.1) is 0 Å². The second kappa shape index (κ2) is 3.83. The molecule has 17 heavy (non-hydrogen) atoms. The second-order valence-corrected chi connectivity index (χ2v) is 3.64. The first-order valence-electron chi connectivity index (χ1n) is 5.23. The molecule has 3 aromatic rings. The predicted octanol–water partition coefficient (Wildman–Crippen LogP) is 2.21. The Kier molecular flexibility index (Phi) is 2.19. The number of rotatable bonds is 2. The van der Waals surface area contributed by atoms with Crippen molar-refractivity contribution in [1.82, 2.24) is 14.4 Å². The van der Waals surface area contributed by atoms with Crippen molar-refractivity contribution in [1.29, 1.82) is 0 Å². The van der Waals surface area contributed by atoms with Gasteiger partial charge in [-0.25, -0.2) is 4.98 Å². The standard InChI is InChI=1S/C13H9N3O/c17-9-10-4-3-6-13-15-12(8-16(10)13)11-5-1-2-7-14-11/h1-9H. The van der Waals surface area contributed by atoms with Gasteiger partial charge in [0.25, 0.3) is 0 Å². The van der Waals surface area contributed by atoms with Crippen LogP contribution >= 0.6 is 0 Å². The normalized spacial score (nSPS) is 10.6. The van der Waals surface area contributed by atoms with Gasteiger partial charge in [0.15, 0.2) is 6.29 Å². The summed E-state index contributed by atoms with van der Waals surface area (Å²) >= 11 is 0. The third-order valence-corrected chi connectivity index (χ3v) is 2.57. The Morgan fingerprint density at radius 3 is 2.76 bits per heavy atom. The molecule has 0 aliphatic rings. The maximum Gasteiger partial charge on any atom is 0.166 e. The lowest BCUT2D eigenvalue weighted by atomic mass is 10.3. The Morgan fingerprint density at radius 2 is 2.00 bits per heavy atom. The van der Waals surface area contributed by atoms with E-state index in [0.717, 1.165) is 23.3 Å². The number of aldehydes is 1. The van der Waals surface area contributed by atoms with Crippen molar-refractivity contribution in [3.05, 3.63) is 54.5 Å². The molecule has 0 aromatic carbocycles. The molecule has 0 atom stereocenters. The van der Waals surface area contributed by atoms with Crippen molar-refractivity contribution in [3.8, 4) is 11.4 Å². The van der Waals surface area contributed by atoms with Crippen LogP contribution in [0.25, 0.3) is 17.0 Å². The molecule has 4 heteroatoms. The summed E-state index contributed by atoms with van der Waals surface area (Å²) < 4.78 is 1.76. The number of aromatic nitrogens is 3. The predicted molar refractivity (Wildman–Crippen MR) is 63.8 cm³/mol. The highest BCUT2D eigenvalue weighted by Gasteiger charge is 2.06. The zero-order valence-corrected chi connectivity index (χ0v) is 8.95. The van der Waals surface area contributed by atoms with E-state index in [1.165, 1.54) is 0 Å². The molecule has 3 heterocycles. The smallest absolute Gasteiger partial charge is 0.166 e. The molecule has 0 aliphatic carbocycles. The molecule has 0 N–H and O–H groups in total. The highest BCUT2D eigenvalue weighted by atomic mass is 16.1. The topological polar surface area (TPSA) is 47.3 Å². The van der Waals surface area contributed by atoms with Gasteiger partial charge in [-0.2, -0.15) is 0 Å². The third kappa shape index (κ3) is 1.59. The highest BCUT2D eigenvalue weighted by molar-refractivity contribution is 5.74. The van der Waals surface area contributed by atoms with E-state index in [1.54, 1.807) is 16.7 Å². The Bertz CT molecular complexity index is 673. The lowest BCUT2D eigenvalue weighted by Gasteiger charge is -1.94. The summed E-state index contributed by atoms with van der Waals surface area (Å²) in [4.78, 5) is 19.6. The van der Waals surface area contributed by atoms with Gasteiger partial charge in [0.05, 0.1) is 11.4 Å². The summed E-state index contributed by atoms with van der Waals surface area (Å²) in [6.07, 6.45) is 4.36. The number of carbonyl (C=O) groups excluding carboxylic acids is 1. The van der Waals surface area contributed by atoms with Crippen LogP contribution in [0.2, 0.25) is 0 Å². The van der Waals surface area contributed by atoms with Gasteiger partial charge >= 0.3 is 0 Å². The van der Waals surface area contributed by atoms with Gasteiger partial charge in [0, 0.05) is 12.4 Å². The minimum absolute atomic E-state index is 0.581. The molecule has 0 fully saturated rings. The second-order valence-electron chi connectivity index (χ2n) is 3.64. The molecule has 4 nitrogen and oxygen atoms in total. The quantitative estimate of drug-likeness (QED) is 0.626. The molecule has 0 spiro atoms. The number of nitrogens with zero attached hydrogens (tertiary/aromatic N) is 3. The fourth-order valence-electron chi connectivity index (χ4n) is 1.77. The maximum absolute atomic E-state index is 10.9. The average Bonchev–Trinajstić information content (AvgIpc) is 2.83. The SMILES string of the molecule is O=Cc1cccc2nc(-c3ccccn3)cn12. The molecule has 0 aliphatic heterocycles. The Balaban J connectivity index is 2.24. The van der Waals surface area contributed by atoms with Crippen molar-refractivity contribution in [2.75, 3.05) is 0 Å². The summed E-state index contributed by atoms with van der Waals surface area (Å²) in [7, 11) is 0. The van der Waals surface area contributed by atoms with E-state index in [4.69, 9.17) is 0 Å². The molecular formula is C13H9N3O. The van der Waals surface area contributed by atoms with Gasteiger partial charge in [0.1, 0.15) is 11.3 Å². The van der Waals surface area contributed by atoms with Crippen LogP contribution in [0.15, 0.2) is 48.8 Å². The summed E-state index contributed by atoms with van der Waals surface area (Å²) in [5.74, 6) is 0. The summed E-state index contributed by atoms with van der Waals surface area (Å²) in [5, 5.41) is 0. The van der Waals surface area contributed by atoms with E-state index in [9.17, 15) is 4.79 Å². The molecule has 0 unspecified atom stereocenters. The molecular weight excluding hydrogens is 214 g/mol.